The van der Waals surface area contributed by atoms with E-state index in [0.717, 1.165) is 5.56 Å². The number of halogens is 1. The molecule has 3 aromatic rings. The summed E-state index contributed by atoms with van der Waals surface area (Å²) >= 11 is 6.04. The van der Waals surface area contributed by atoms with E-state index in [4.69, 9.17) is 16.0 Å². The summed E-state index contributed by atoms with van der Waals surface area (Å²) in [6.45, 7) is 1.87. The molecule has 1 amide bonds. The molecular formula is C21H20ClNO4S. The second-order valence-corrected chi connectivity index (χ2v) is 8.97. The molecule has 1 heterocycles. The van der Waals surface area contributed by atoms with Crippen LogP contribution in [0.25, 0.3) is 0 Å². The first-order valence-electron chi connectivity index (χ1n) is 8.72. The summed E-state index contributed by atoms with van der Waals surface area (Å²) in [5.41, 5.74) is 1.50. The number of sulfone groups is 1. The fraction of sp³-hybridized carbons (Fsp3) is 0.190. The first-order chi connectivity index (χ1) is 13.3. The van der Waals surface area contributed by atoms with E-state index >= 15 is 0 Å². The van der Waals surface area contributed by atoms with Gasteiger partial charge in [-0.2, -0.15) is 0 Å². The Morgan fingerprint density at radius 3 is 2.39 bits per heavy atom. The molecule has 0 radical (unpaired) electrons. The van der Waals surface area contributed by atoms with Crippen LogP contribution in [0.2, 0.25) is 5.02 Å². The molecular weight excluding hydrogens is 398 g/mol. The molecule has 7 heteroatoms. The average molecular weight is 418 g/mol. The molecule has 0 fully saturated rings. The Bertz CT molecular complexity index is 1060. The van der Waals surface area contributed by atoms with Crippen molar-refractivity contribution in [3.63, 3.8) is 0 Å². The van der Waals surface area contributed by atoms with Crippen molar-refractivity contribution in [3.8, 4) is 0 Å². The van der Waals surface area contributed by atoms with Crippen LogP contribution in [0.15, 0.2) is 71.1 Å². The summed E-state index contributed by atoms with van der Waals surface area (Å²) in [4.78, 5) is 12.4. The maximum atomic E-state index is 12.4. The summed E-state index contributed by atoms with van der Waals surface area (Å²) in [5.74, 6) is -0.610. The quantitative estimate of drug-likeness (QED) is 0.612. The van der Waals surface area contributed by atoms with Crippen LogP contribution in [0.1, 0.15) is 40.4 Å². The number of nitrogens with one attached hydrogen (secondary N) is 1. The molecule has 0 aliphatic rings. The van der Waals surface area contributed by atoms with Gasteiger partial charge in [0, 0.05) is 5.02 Å². The van der Waals surface area contributed by atoms with E-state index in [1.165, 1.54) is 12.1 Å². The summed E-state index contributed by atoms with van der Waals surface area (Å²) in [7, 11) is -3.50. The number of rotatable bonds is 7. The van der Waals surface area contributed by atoms with E-state index < -0.39 is 15.7 Å². The summed E-state index contributed by atoms with van der Waals surface area (Å²) in [6.07, 6.45) is 0. The lowest BCUT2D eigenvalue weighted by atomic mass is 10.1. The van der Waals surface area contributed by atoms with Crippen molar-refractivity contribution in [2.45, 2.75) is 24.5 Å². The predicted octanol–water partition coefficient (Wildman–Crippen LogP) is 4.54. The van der Waals surface area contributed by atoms with Crippen molar-refractivity contribution < 1.29 is 17.6 Å². The molecule has 1 atom stereocenters. The van der Waals surface area contributed by atoms with Crippen LogP contribution in [0, 0.1) is 0 Å². The van der Waals surface area contributed by atoms with Crippen LogP contribution in [-0.2, 0) is 21.3 Å². The van der Waals surface area contributed by atoms with Crippen LogP contribution in [-0.4, -0.2) is 14.3 Å². The van der Waals surface area contributed by atoms with Crippen molar-refractivity contribution >= 4 is 27.3 Å². The van der Waals surface area contributed by atoms with E-state index in [-0.39, 0.29) is 29.1 Å². The molecule has 3 rings (SSSR count). The highest BCUT2D eigenvalue weighted by Crippen LogP contribution is 2.21. The lowest BCUT2D eigenvalue weighted by Crippen LogP contribution is -2.26. The minimum absolute atomic E-state index is 0.0747. The summed E-state index contributed by atoms with van der Waals surface area (Å²) < 4.78 is 30.4. The second kappa shape index (κ2) is 8.63. The van der Waals surface area contributed by atoms with Gasteiger partial charge in [-0.15, -0.1) is 0 Å². The Hall–Kier alpha value is -2.57. The van der Waals surface area contributed by atoms with Gasteiger partial charge in [0.25, 0.3) is 5.91 Å². The average Bonchev–Trinajstić information content (AvgIpc) is 3.12. The maximum absolute atomic E-state index is 12.4. The zero-order valence-electron chi connectivity index (χ0n) is 15.3. The predicted molar refractivity (Wildman–Crippen MR) is 109 cm³/mol. The number of hydrogen-bond donors (Lipinski definition) is 1. The standard InChI is InChI=1S/C21H20ClNO4S/c1-15(16-7-3-2-4-8-16)23-21(24)20-12-11-18(27-20)14-28(25,26)13-17-9-5-6-10-19(17)22/h2-12,15H,13-14H2,1H3,(H,23,24)/t15-/m0/s1. The van der Waals surface area contributed by atoms with E-state index in [1.54, 1.807) is 24.3 Å². The second-order valence-electron chi connectivity index (χ2n) is 6.50. The lowest BCUT2D eigenvalue weighted by Gasteiger charge is -2.13. The fourth-order valence-corrected chi connectivity index (χ4v) is 4.49. The fourth-order valence-electron chi connectivity index (χ4n) is 2.79. The summed E-state index contributed by atoms with van der Waals surface area (Å²) in [5, 5.41) is 3.24. The van der Waals surface area contributed by atoms with Crippen LogP contribution < -0.4 is 5.32 Å². The molecule has 0 spiro atoms. The molecule has 0 bridgehead atoms. The van der Waals surface area contributed by atoms with Crippen LogP contribution >= 0.6 is 11.6 Å². The molecule has 5 nitrogen and oxygen atoms in total. The van der Waals surface area contributed by atoms with Crippen LogP contribution in [0.4, 0.5) is 0 Å². The van der Waals surface area contributed by atoms with Gasteiger partial charge in [0.15, 0.2) is 15.6 Å². The molecule has 2 aromatic carbocycles. The van der Waals surface area contributed by atoms with Gasteiger partial charge in [0.05, 0.1) is 11.8 Å². The van der Waals surface area contributed by atoms with Gasteiger partial charge in [-0.1, -0.05) is 60.1 Å². The third-order valence-electron chi connectivity index (χ3n) is 4.23. The third-order valence-corrected chi connectivity index (χ3v) is 6.07. The molecule has 0 saturated carbocycles. The molecule has 1 N–H and O–H groups in total. The largest absolute Gasteiger partial charge is 0.455 e. The van der Waals surface area contributed by atoms with Gasteiger partial charge in [-0.25, -0.2) is 8.42 Å². The van der Waals surface area contributed by atoms with Crippen molar-refractivity contribution in [2.75, 3.05) is 0 Å². The highest BCUT2D eigenvalue weighted by Gasteiger charge is 2.20. The number of carbonyl (C=O) groups is 1. The van der Waals surface area contributed by atoms with E-state index in [9.17, 15) is 13.2 Å². The van der Waals surface area contributed by atoms with E-state index in [0.29, 0.717) is 10.6 Å². The Balaban J connectivity index is 1.65. The maximum Gasteiger partial charge on any atom is 0.287 e. The molecule has 0 saturated heterocycles. The molecule has 0 aliphatic heterocycles. The zero-order chi connectivity index (χ0) is 20.1. The smallest absolute Gasteiger partial charge is 0.287 e. The third kappa shape index (κ3) is 5.24. The lowest BCUT2D eigenvalue weighted by molar-refractivity contribution is 0.0910. The van der Waals surface area contributed by atoms with Gasteiger partial charge < -0.3 is 9.73 Å². The first-order valence-corrected chi connectivity index (χ1v) is 10.9. The molecule has 28 heavy (non-hydrogen) atoms. The van der Waals surface area contributed by atoms with Gasteiger partial charge in [0.2, 0.25) is 0 Å². The number of furan rings is 1. The zero-order valence-corrected chi connectivity index (χ0v) is 16.8. The Morgan fingerprint density at radius 2 is 1.68 bits per heavy atom. The highest BCUT2D eigenvalue weighted by atomic mass is 35.5. The minimum atomic E-state index is -3.50. The Kier molecular flexibility index (Phi) is 6.21. The van der Waals surface area contributed by atoms with Gasteiger partial charge in [0.1, 0.15) is 11.5 Å². The topological polar surface area (TPSA) is 76.4 Å². The first kappa shape index (κ1) is 20.2. The van der Waals surface area contributed by atoms with E-state index in [2.05, 4.69) is 5.32 Å². The van der Waals surface area contributed by atoms with Crippen molar-refractivity contribution in [1.29, 1.82) is 0 Å². The van der Waals surface area contributed by atoms with Gasteiger partial charge in [-0.05, 0) is 36.2 Å². The number of hydrogen-bond acceptors (Lipinski definition) is 4. The molecule has 0 aliphatic carbocycles. The molecule has 146 valence electrons. The number of carbonyl (C=O) groups excluding carboxylic acids is 1. The SMILES string of the molecule is C[C@H](NC(=O)c1ccc(CS(=O)(=O)Cc2ccccc2Cl)o1)c1ccccc1. The van der Waals surface area contributed by atoms with Crippen LogP contribution in [0.5, 0.6) is 0 Å². The van der Waals surface area contributed by atoms with Gasteiger partial charge in [-0.3, -0.25) is 4.79 Å². The number of benzene rings is 2. The molecule has 1 aromatic heterocycles. The normalized spacial score (nSPS) is 12.5. The van der Waals surface area contributed by atoms with Crippen molar-refractivity contribution in [1.82, 2.24) is 5.32 Å². The minimum Gasteiger partial charge on any atom is -0.455 e. The molecule has 0 unspecified atom stereocenters. The summed E-state index contributed by atoms with van der Waals surface area (Å²) in [6, 6.07) is 19.1. The van der Waals surface area contributed by atoms with E-state index in [1.807, 2.05) is 37.3 Å². The van der Waals surface area contributed by atoms with Crippen LogP contribution in [0.3, 0.4) is 0 Å². The van der Waals surface area contributed by atoms with Crippen molar-refractivity contribution in [2.24, 2.45) is 0 Å². The Labute approximate surface area is 169 Å². The highest BCUT2D eigenvalue weighted by molar-refractivity contribution is 7.89. The van der Waals surface area contributed by atoms with Crippen molar-refractivity contribution in [3.05, 3.63) is 94.4 Å². The monoisotopic (exact) mass is 417 g/mol. The number of amides is 1. The Morgan fingerprint density at radius 1 is 1.00 bits per heavy atom. The van der Waals surface area contributed by atoms with Gasteiger partial charge >= 0.3 is 0 Å².